The predicted octanol–water partition coefficient (Wildman–Crippen LogP) is 15.5. The van der Waals surface area contributed by atoms with E-state index in [1.54, 1.807) is 0 Å². The highest BCUT2D eigenvalue weighted by atomic mass is 16.3. The van der Waals surface area contributed by atoms with Crippen molar-refractivity contribution in [1.29, 1.82) is 0 Å². The second-order valence-corrected chi connectivity index (χ2v) is 15.6. The Labute approximate surface area is 357 Å². The molecule has 0 spiro atoms. The van der Waals surface area contributed by atoms with Crippen LogP contribution in [0, 0.1) is 0 Å². The van der Waals surface area contributed by atoms with Crippen LogP contribution in [0.15, 0.2) is 199 Å². The fourth-order valence-electron chi connectivity index (χ4n) is 9.29. The van der Waals surface area contributed by atoms with E-state index >= 15 is 0 Å². The first-order valence-corrected chi connectivity index (χ1v) is 21.3. The van der Waals surface area contributed by atoms with Gasteiger partial charge >= 0.3 is 0 Å². The van der Waals surface area contributed by atoms with Crippen LogP contribution >= 0.6 is 0 Å². The lowest BCUT2D eigenvalue weighted by Gasteiger charge is -2.13. The molecule has 10 aromatic carbocycles. The summed E-state index contributed by atoms with van der Waals surface area (Å²) in [6.07, 6.45) is 0. The van der Waals surface area contributed by atoms with Crippen molar-refractivity contribution in [3.05, 3.63) is 194 Å². The normalized spacial score (nSPS) is 11.7. The first-order valence-electron chi connectivity index (χ1n) is 21.3. The van der Waals surface area contributed by atoms with E-state index in [2.05, 4.69) is 199 Å². The molecule has 0 radical (unpaired) electrons. The smallest absolute Gasteiger partial charge is 0.238 e. The van der Waals surface area contributed by atoms with Crippen molar-refractivity contribution in [1.82, 2.24) is 19.5 Å². The molecule has 0 unspecified atom stereocenters. The van der Waals surface area contributed by atoms with Gasteiger partial charge in [0.2, 0.25) is 5.95 Å². The molecule has 13 rings (SSSR count). The minimum absolute atomic E-state index is 0.551. The van der Waals surface area contributed by atoms with E-state index in [1.807, 2.05) is 13.8 Å². The van der Waals surface area contributed by atoms with Gasteiger partial charge in [0.25, 0.3) is 0 Å². The van der Waals surface area contributed by atoms with Crippen LogP contribution in [0.25, 0.3) is 127 Å². The third-order valence-corrected chi connectivity index (χ3v) is 12.2. The van der Waals surface area contributed by atoms with Crippen molar-refractivity contribution in [3.8, 4) is 39.9 Å². The van der Waals surface area contributed by atoms with E-state index in [9.17, 15) is 0 Å². The first-order chi connectivity index (χ1) is 30.7. The highest BCUT2D eigenvalue weighted by Crippen LogP contribution is 2.42. The molecular weight excluding hydrogens is 757 g/mol. The van der Waals surface area contributed by atoms with Crippen LogP contribution in [0.1, 0.15) is 13.8 Å². The number of hydrogen-bond donors (Lipinski definition) is 0. The Morgan fingerprint density at radius 1 is 0.371 bits per heavy atom. The van der Waals surface area contributed by atoms with Crippen molar-refractivity contribution in [2.45, 2.75) is 13.8 Å². The predicted molar refractivity (Wildman–Crippen MR) is 259 cm³/mol. The molecule has 13 aromatic rings. The summed E-state index contributed by atoms with van der Waals surface area (Å²) in [7, 11) is 0. The van der Waals surface area contributed by atoms with Crippen molar-refractivity contribution in [2.75, 3.05) is 0 Å². The second kappa shape index (κ2) is 14.3. The van der Waals surface area contributed by atoms with Crippen molar-refractivity contribution < 1.29 is 4.42 Å². The fraction of sp³-hybridized carbons (Fsp3) is 0.0351. The standard InChI is InChI=1S/C55H32N4O.C2H6/c1-3-13-36-28-41(22-20-33(36)10-1)53-56-54(42-23-21-34-11-2-4-14-37(34)29-42)58-55(57-53)59-48-31-39-16-6-5-15-38(39)30-47(48)45-19-9-18-44(52(45)59)40-24-26-46-50(32-40)60-49-27-25-35-12-7-8-17-43(35)51(46)49;1-2/h1-32H;1-2H3. The van der Waals surface area contributed by atoms with Crippen LogP contribution in [-0.4, -0.2) is 19.5 Å². The second-order valence-electron chi connectivity index (χ2n) is 15.6. The Hall–Kier alpha value is -8.15. The molecule has 0 saturated heterocycles. The lowest BCUT2D eigenvalue weighted by Crippen LogP contribution is -2.07. The zero-order chi connectivity index (χ0) is 41.3. The van der Waals surface area contributed by atoms with Gasteiger partial charge in [-0.2, -0.15) is 9.97 Å². The average molecular weight is 795 g/mol. The van der Waals surface area contributed by atoms with Crippen LogP contribution in [0.2, 0.25) is 0 Å². The van der Waals surface area contributed by atoms with E-state index in [4.69, 9.17) is 19.4 Å². The summed E-state index contributed by atoms with van der Waals surface area (Å²) >= 11 is 0. The maximum absolute atomic E-state index is 6.61. The van der Waals surface area contributed by atoms with Crippen LogP contribution in [0.5, 0.6) is 0 Å². The molecule has 0 atom stereocenters. The Morgan fingerprint density at radius 3 is 1.60 bits per heavy atom. The number of fused-ring (bicyclic) bond motifs is 11. The van der Waals surface area contributed by atoms with Gasteiger partial charge in [-0.3, -0.25) is 4.57 Å². The summed E-state index contributed by atoms with van der Waals surface area (Å²) in [4.78, 5) is 16.0. The van der Waals surface area contributed by atoms with Gasteiger partial charge in [-0.1, -0.05) is 166 Å². The molecule has 292 valence electrons. The number of para-hydroxylation sites is 1. The molecule has 62 heavy (non-hydrogen) atoms. The highest BCUT2D eigenvalue weighted by Gasteiger charge is 2.22. The quantitative estimate of drug-likeness (QED) is 0.178. The molecule has 3 aromatic heterocycles. The van der Waals surface area contributed by atoms with E-state index in [0.29, 0.717) is 17.6 Å². The first kappa shape index (κ1) is 35.8. The summed E-state index contributed by atoms with van der Waals surface area (Å²) in [5.74, 6) is 1.77. The Balaban J connectivity index is 0.00000202. The molecule has 0 saturated carbocycles. The average Bonchev–Trinajstić information content (AvgIpc) is 3.88. The van der Waals surface area contributed by atoms with Crippen LogP contribution in [-0.2, 0) is 0 Å². The fourth-order valence-corrected chi connectivity index (χ4v) is 9.29. The molecule has 0 aliphatic carbocycles. The molecule has 0 N–H and O–H groups in total. The molecule has 0 bridgehead atoms. The number of furan rings is 1. The third-order valence-electron chi connectivity index (χ3n) is 12.2. The number of benzene rings is 10. The summed E-state index contributed by atoms with van der Waals surface area (Å²) in [6, 6.07) is 68.7. The molecule has 0 fully saturated rings. The number of rotatable bonds is 4. The molecular formula is C57H38N4O. The lowest BCUT2D eigenvalue weighted by atomic mass is 9.99. The molecule has 5 nitrogen and oxygen atoms in total. The summed E-state index contributed by atoms with van der Waals surface area (Å²) in [5, 5.41) is 13.8. The van der Waals surface area contributed by atoms with Crippen molar-refractivity contribution in [2.24, 2.45) is 0 Å². The molecule has 5 heteroatoms. The van der Waals surface area contributed by atoms with E-state index in [1.165, 1.54) is 26.9 Å². The number of hydrogen-bond acceptors (Lipinski definition) is 4. The van der Waals surface area contributed by atoms with E-state index in [0.717, 1.165) is 82.2 Å². The minimum Gasteiger partial charge on any atom is -0.456 e. The summed E-state index contributed by atoms with van der Waals surface area (Å²) in [6.45, 7) is 4.00. The Bertz CT molecular complexity index is 3820. The SMILES string of the molecule is CC.c1ccc2cc(-c3nc(-c4ccc5ccccc5c4)nc(-n4c5cc6ccccc6cc5c5cccc(-c6ccc7c(c6)oc6ccc8ccccc8c67)c54)n3)ccc2c1. The zero-order valence-corrected chi connectivity index (χ0v) is 34.2. The van der Waals surface area contributed by atoms with Gasteiger partial charge in [-0.15, -0.1) is 0 Å². The van der Waals surface area contributed by atoms with Crippen LogP contribution in [0.4, 0.5) is 0 Å². The number of nitrogens with zero attached hydrogens (tertiary/aromatic N) is 4. The maximum atomic E-state index is 6.61. The van der Waals surface area contributed by atoms with E-state index < -0.39 is 0 Å². The van der Waals surface area contributed by atoms with Gasteiger partial charge in [-0.05, 0) is 91.1 Å². The summed E-state index contributed by atoms with van der Waals surface area (Å²) in [5.41, 5.74) is 7.72. The van der Waals surface area contributed by atoms with Gasteiger partial charge in [0.1, 0.15) is 11.2 Å². The minimum atomic E-state index is 0.551. The molecule has 0 aliphatic heterocycles. The van der Waals surface area contributed by atoms with Gasteiger partial charge in [0.05, 0.1) is 11.0 Å². The van der Waals surface area contributed by atoms with Crippen molar-refractivity contribution in [3.63, 3.8) is 0 Å². The topological polar surface area (TPSA) is 56.7 Å². The largest absolute Gasteiger partial charge is 0.456 e. The van der Waals surface area contributed by atoms with Gasteiger partial charge in [0, 0.05) is 38.2 Å². The zero-order valence-electron chi connectivity index (χ0n) is 34.2. The maximum Gasteiger partial charge on any atom is 0.238 e. The summed E-state index contributed by atoms with van der Waals surface area (Å²) < 4.78 is 8.86. The molecule has 3 heterocycles. The lowest BCUT2D eigenvalue weighted by molar-refractivity contribution is 0.669. The van der Waals surface area contributed by atoms with Crippen LogP contribution in [0.3, 0.4) is 0 Å². The van der Waals surface area contributed by atoms with Crippen molar-refractivity contribution >= 4 is 86.8 Å². The van der Waals surface area contributed by atoms with E-state index in [-0.39, 0.29) is 0 Å². The van der Waals surface area contributed by atoms with Gasteiger partial charge in [-0.25, -0.2) is 4.98 Å². The van der Waals surface area contributed by atoms with Gasteiger partial charge in [0.15, 0.2) is 11.6 Å². The third kappa shape index (κ3) is 5.66. The Morgan fingerprint density at radius 2 is 0.919 bits per heavy atom. The Kier molecular flexibility index (Phi) is 8.22. The molecule has 0 aliphatic rings. The molecule has 0 amide bonds. The van der Waals surface area contributed by atoms with Crippen LogP contribution < -0.4 is 0 Å². The number of aromatic nitrogens is 4. The monoisotopic (exact) mass is 794 g/mol. The van der Waals surface area contributed by atoms with Gasteiger partial charge < -0.3 is 4.42 Å². The highest BCUT2D eigenvalue weighted by molar-refractivity contribution is 6.20.